The summed E-state index contributed by atoms with van der Waals surface area (Å²) in [6.07, 6.45) is 9.26. The molecule has 146 valence electrons. The van der Waals surface area contributed by atoms with Gasteiger partial charge in [-0.15, -0.1) is 0 Å². The third kappa shape index (κ3) is 5.36. The molecule has 0 amide bonds. The van der Waals surface area contributed by atoms with Crippen molar-refractivity contribution >= 4 is 0 Å². The van der Waals surface area contributed by atoms with Gasteiger partial charge in [0.25, 0.3) is 0 Å². The molecule has 2 heterocycles. The Hall–Kier alpha value is -1.78. The van der Waals surface area contributed by atoms with Gasteiger partial charge in [0.2, 0.25) is 0 Å². The van der Waals surface area contributed by atoms with Crippen LogP contribution in [0.2, 0.25) is 0 Å². The molecule has 4 rings (SSSR count). The van der Waals surface area contributed by atoms with Crippen LogP contribution in [0.3, 0.4) is 0 Å². The molecule has 0 spiro atoms. The zero-order chi connectivity index (χ0) is 18.3. The van der Waals surface area contributed by atoms with E-state index in [-0.39, 0.29) is 0 Å². The van der Waals surface area contributed by atoms with Crippen LogP contribution < -0.4 is 10.1 Å². The summed E-state index contributed by atoms with van der Waals surface area (Å²) in [6, 6.07) is 10.7. The van der Waals surface area contributed by atoms with E-state index in [1.165, 1.54) is 62.9 Å². The molecule has 1 atom stereocenters. The van der Waals surface area contributed by atoms with E-state index >= 15 is 0 Å². The third-order valence-corrected chi connectivity index (χ3v) is 5.87. The van der Waals surface area contributed by atoms with Crippen molar-refractivity contribution in [3.05, 3.63) is 53.5 Å². The van der Waals surface area contributed by atoms with E-state index < -0.39 is 0 Å². The summed E-state index contributed by atoms with van der Waals surface area (Å²) in [7, 11) is 0. The van der Waals surface area contributed by atoms with Crippen molar-refractivity contribution in [3.8, 4) is 5.75 Å². The molecule has 2 aromatic rings. The number of hydrogen-bond acceptors (Lipinski definition) is 4. The molecule has 4 heteroatoms. The van der Waals surface area contributed by atoms with Crippen LogP contribution in [0, 0.1) is 5.92 Å². The Morgan fingerprint density at radius 3 is 2.93 bits per heavy atom. The molecule has 1 aliphatic heterocycles. The minimum absolute atomic E-state index is 0.752. The van der Waals surface area contributed by atoms with Gasteiger partial charge in [-0.25, -0.2) is 0 Å². The van der Waals surface area contributed by atoms with E-state index in [4.69, 9.17) is 9.15 Å². The van der Waals surface area contributed by atoms with Gasteiger partial charge in [0.15, 0.2) is 0 Å². The molecule has 1 N–H and O–H groups in total. The first-order valence-corrected chi connectivity index (χ1v) is 10.6. The Labute approximate surface area is 162 Å². The van der Waals surface area contributed by atoms with Crippen molar-refractivity contribution in [2.24, 2.45) is 5.92 Å². The summed E-state index contributed by atoms with van der Waals surface area (Å²) in [5.74, 6) is 2.84. The Morgan fingerprint density at radius 2 is 2.07 bits per heavy atom. The normalized spacial score (nSPS) is 19.9. The second-order valence-corrected chi connectivity index (χ2v) is 8.01. The molecular weight excluding hydrogens is 336 g/mol. The lowest BCUT2D eigenvalue weighted by molar-refractivity contribution is 0.261. The number of nitrogens with one attached hydrogen (secondary N) is 1. The summed E-state index contributed by atoms with van der Waals surface area (Å²) in [6.45, 7) is 6.39. The molecule has 1 unspecified atom stereocenters. The van der Waals surface area contributed by atoms with E-state index in [9.17, 15) is 0 Å². The van der Waals surface area contributed by atoms with E-state index in [1.54, 1.807) is 6.26 Å². The number of nitrogens with zero attached hydrogens (tertiary/aromatic N) is 1. The zero-order valence-electron chi connectivity index (χ0n) is 16.3. The summed E-state index contributed by atoms with van der Waals surface area (Å²) >= 11 is 0. The molecule has 0 bridgehead atoms. The van der Waals surface area contributed by atoms with Crippen LogP contribution in [-0.2, 0) is 19.4 Å². The number of likely N-dealkylation sites (tertiary alicyclic amines) is 1. The predicted molar refractivity (Wildman–Crippen MR) is 108 cm³/mol. The third-order valence-electron chi connectivity index (χ3n) is 5.87. The average Bonchev–Trinajstić information content (AvgIpc) is 3.38. The minimum Gasteiger partial charge on any atom is -0.494 e. The molecular formula is C23H32N2O2. The van der Waals surface area contributed by atoms with Gasteiger partial charge in [-0.1, -0.05) is 6.07 Å². The predicted octanol–water partition coefficient (Wildman–Crippen LogP) is 4.04. The van der Waals surface area contributed by atoms with Crippen molar-refractivity contribution in [1.29, 1.82) is 0 Å². The SMILES string of the molecule is c1coc(CNCCCOc2ccc3c(c2)CCC(CN2CCCC2)C3)c1. The van der Waals surface area contributed by atoms with Crippen LogP contribution in [0.5, 0.6) is 5.75 Å². The number of aryl methyl sites for hydroxylation is 1. The highest BCUT2D eigenvalue weighted by Gasteiger charge is 2.22. The molecule has 1 fully saturated rings. The van der Waals surface area contributed by atoms with Crippen LogP contribution in [0.1, 0.15) is 42.6 Å². The molecule has 27 heavy (non-hydrogen) atoms. The van der Waals surface area contributed by atoms with Gasteiger partial charge in [-0.3, -0.25) is 0 Å². The topological polar surface area (TPSA) is 37.6 Å². The fourth-order valence-corrected chi connectivity index (χ4v) is 4.39. The molecule has 0 saturated carbocycles. The van der Waals surface area contributed by atoms with Crippen molar-refractivity contribution in [2.45, 2.75) is 45.1 Å². The van der Waals surface area contributed by atoms with E-state index in [0.717, 1.165) is 43.5 Å². The number of ether oxygens (including phenoxy) is 1. The lowest BCUT2D eigenvalue weighted by Crippen LogP contribution is -2.30. The monoisotopic (exact) mass is 368 g/mol. The fourth-order valence-electron chi connectivity index (χ4n) is 4.39. The van der Waals surface area contributed by atoms with E-state index in [0.29, 0.717) is 0 Å². The highest BCUT2D eigenvalue weighted by atomic mass is 16.5. The largest absolute Gasteiger partial charge is 0.494 e. The molecule has 0 radical (unpaired) electrons. The number of fused-ring (bicyclic) bond motifs is 1. The number of hydrogen-bond donors (Lipinski definition) is 1. The quantitative estimate of drug-likeness (QED) is 0.678. The second kappa shape index (κ2) is 9.43. The van der Waals surface area contributed by atoms with Crippen LogP contribution in [-0.4, -0.2) is 37.7 Å². The van der Waals surface area contributed by atoms with Crippen LogP contribution in [0.15, 0.2) is 41.0 Å². The van der Waals surface area contributed by atoms with Crippen LogP contribution in [0.4, 0.5) is 0 Å². The summed E-state index contributed by atoms with van der Waals surface area (Å²) in [5, 5.41) is 3.38. The molecule has 4 nitrogen and oxygen atoms in total. The number of benzene rings is 1. The zero-order valence-corrected chi connectivity index (χ0v) is 16.3. The maximum Gasteiger partial charge on any atom is 0.119 e. The van der Waals surface area contributed by atoms with Crippen molar-refractivity contribution in [2.75, 3.05) is 32.8 Å². The van der Waals surface area contributed by atoms with Gasteiger partial charge in [0.1, 0.15) is 11.5 Å². The fraction of sp³-hybridized carbons (Fsp3) is 0.565. The van der Waals surface area contributed by atoms with Gasteiger partial charge in [0.05, 0.1) is 19.4 Å². The first-order chi connectivity index (χ1) is 13.4. The summed E-state index contributed by atoms with van der Waals surface area (Å²) in [4.78, 5) is 2.66. The molecule has 1 aromatic carbocycles. The highest BCUT2D eigenvalue weighted by molar-refractivity contribution is 5.37. The van der Waals surface area contributed by atoms with Gasteiger partial charge in [-0.2, -0.15) is 0 Å². The van der Waals surface area contributed by atoms with E-state index in [2.05, 4.69) is 28.4 Å². The minimum atomic E-state index is 0.752. The lowest BCUT2D eigenvalue weighted by Gasteiger charge is -2.28. The number of furan rings is 1. The smallest absolute Gasteiger partial charge is 0.119 e. The summed E-state index contributed by atoms with van der Waals surface area (Å²) in [5.41, 5.74) is 3.04. The maximum atomic E-state index is 5.97. The molecule has 1 aliphatic carbocycles. The second-order valence-electron chi connectivity index (χ2n) is 8.01. The van der Waals surface area contributed by atoms with Gasteiger partial charge >= 0.3 is 0 Å². The van der Waals surface area contributed by atoms with Crippen molar-refractivity contribution < 1.29 is 9.15 Å². The number of rotatable bonds is 9. The van der Waals surface area contributed by atoms with Crippen molar-refractivity contribution in [3.63, 3.8) is 0 Å². The Kier molecular flexibility index (Phi) is 6.49. The van der Waals surface area contributed by atoms with Gasteiger partial charge < -0.3 is 19.4 Å². The van der Waals surface area contributed by atoms with Crippen LogP contribution in [0.25, 0.3) is 0 Å². The van der Waals surface area contributed by atoms with Gasteiger partial charge in [-0.05, 0) is 99.5 Å². The molecule has 1 aromatic heterocycles. The molecule has 2 aliphatic rings. The van der Waals surface area contributed by atoms with Gasteiger partial charge in [0, 0.05) is 6.54 Å². The van der Waals surface area contributed by atoms with E-state index in [1.807, 2.05) is 12.1 Å². The Balaban J connectivity index is 1.17. The first kappa shape index (κ1) is 18.6. The first-order valence-electron chi connectivity index (χ1n) is 10.6. The molecule has 1 saturated heterocycles. The standard InChI is InChI=1S/C23H32N2O2/c1-2-12-25(11-1)18-19-6-7-21-16-22(9-8-20(21)15-19)26-14-4-10-24-17-23-5-3-13-27-23/h3,5,8-9,13,16,19,24H,1-2,4,6-7,10-12,14-15,17-18H2. The lowest BCUT2D eigenvalue weighted by atomic mass is 9.83. The average molecular weight is 369 g/mol. The summed E-state index contributed by atoms with van der Waals surface area (Å²) < 4.78 is 11.3. The maximum absolute atomic E-state index is 5.97. The Morgan fingerprint density at radius 1 is 1.15 bits per heavy atom. The Bertz CT molecular complexity index is 692. The van der Waals surface area contributed by atoms with Crippen LogP contribution >= 0.6 is 0 Å². The highest BCUT2D eigenvalue weighted by Crippen LogP contribution is 2.29. The van der Waals surface area contributed by atoms with Crippen molar-refractivity contribution in [1.82, 2.24) is 10.2 Å².